The van der Waals surface area contributed by atoms with Gasteiger partial charge in [-0.3, -0.25) is 14.9 Å². The van der Waals surface area contributed by atoms with Gasteiger partial charge in [0.2, 0.25) is 3.79 Å². The van der Waals surface area contributed by atoms with Gasteiger partial charge in [0.25, 0.3) is 11.6 Å². The molecule has 28 heavy (non-hydrogen) atoms. The first-order valence-corrected chi connectivity index (χ1v) is 10.1. The highest BCUT2D eigenvalue weighted by Crippen LogP contribution is 2.29. The van der Waals surface area contributed by atoms with Crippen molar-refractivity contribution in [3.63, 3.8) is 0 Å². The molecule has 1 amide bonds. The molecule has 0 saturated heterocycles. The van der Waals surface area contributed by atoms with Crippen molar-refractivity contribution in [1.29, 1.82) is 0 Å². The number of carbonyl (C=O) groups is 1. The number of hydrogen-bond acceptors (Lipinski definition) is 4. The maximum absolute atomic E-state index is 12.4. The van der Waals surface area contributed by atoms with Crippen LogP contribution in [0.25, 0.3) is 0 Å². The topological polar surface area (TPSA) is 96.3 Å². The molecule has 0 unspecified atom stereocenters. The number of halogens is 4. The van der Waals surface area contributed by atoms with Crippen molar-refractivity contribution >= 4 is 92.0 Å². The van der Waals surface area contributed by atoms with E-state index in [9.17, 15) is 14.9 Å². The minimum atomic E-state index is -1.92. The van der Waals surface area contributed by atoms with Crippen LogP contribution < -0.4 is 16.0 Å². The fourth-order valence-corrected chi connectivity index (χ4v) is 3.15. The number of nitro groups is 1. The maximum Gasteiger partial charge on any atom is 0.271 e. The average Bonchev–Trinajstić information content (AvgIpc) is 2.60. The van der Waals surface area contributed by atoms with Crippen LogP contribution in [0, 0.1) is 13.7 Å². The van der Waals surface area contributed by atoms with Gasteiger partial charge in [-0.1, -0.05) is 46.9 Å². The van der Waals surface area contributed by atoms with Crippen LogP contribution in [0.4, 0.5) is 11.4 Å². The molecule has 0 radical (unpaired) electrons. The maximum atomic E-state index is 12.4. The van der Waals surface area contributed by atoms with Crippen LogP contribution in [0.3, 0.4) is 0 Å². The first-order chi connectivity index (χ1) is 13.1. The fraction of sp³-hybridized carbons (Fsp3) is 0.125. The number of nitro benzene ring substituents is 1. The van der Waals surface area contributed by atoms with Gasteiger partial charge in [-0.25, -0.2) is 0 Å². The van der Waals surface area contributed by atoms with Gasteiger partial charge in [0.05, 0.1) is 4.92 Å². The first kappa shape index (κ1) is 22.9. The summed E-state index contributed by atoms with van der Waals surface area (Å²) in [6.07, 6.45) is -1.17. The summed E-state index contributed by atoms with van der Waals surface area (Å²) in [5.74, 6) is -0.472. The summed E-state index contributed by atoms with van der Waals surface area (Å²) in [6.45, 7) is 0. The fourth-order valence-electron chi connectivity index (χ4n) is 2.04. The van der Waals surface area contributed by atoms with Gasteiger partial charge in [0.15, 0.2) is 5.11 Å². The van der Waals surface area contributed by atoms with Crippen LogP contribution in [-0.2, 0) is 0 Å². The first-order valence-electron chi connectivity index (χ1n) is 7.51. The lowest BCUT2D eigenvalue weighted by molar-refractivity contribution is -0.384. The Kier molecular flexibility index (Phi) is 8.07. The van der Waals surface area contributed by atoms with Gasteiger partial charge in [-0.2, -0.15) is 0 Å². The summed E-state index contributed by atoms with van der Waals surface area (Å²) in [4.78, 5) is 22.8. The van der Waals surface area contributed by atoms with E-state index in [0.717, 1.165) is 3.57 Å². The summed E-state index contributed by atoms with van der Waals surface area (Å²) in [6, 6.07) is 12.6. The van der Waals surface area contributed by atoms with Gasteiger partial charge in [0.1, 0.15) is 6.17 Å². The van der Waals surface area contributed by atoms with Gasteiger partial charge < -0.3 is 16.0 Å². The van der Waals surface area contributed by atoms with E-state index in [4.69, 9.17) is 47.0 Å². The molecule has 2 aromatic carbocycles. The Morgan fingerprint density at radius 2 is 1.82 bits per heavy atom. The summed E-state index contributed by atoms with van der Waals surface area (Å²) >= 11 is 25.1. The van der Waals surface area contributed by atoms with Gasteiger partial charge in [-0.15, -0.1) is 0 Å². The number of non-ortho nitro benzene ring substituents is 1. The molecule has 3 N–H and O–H groups in total. The van der Waals surface area contributed by atoms with Gasteiger partial charge in [-0.05, 0) is 59.1 Å². The molecule has 0 spiro atoms. The van der Waals surface area contributed by atoms with Crippen molar-refractivity contribution in [2.24, 2.45) is 0 Å². The SMILES string of the molecule is O=C(N[C@H](NC(=S)Nc1cccc([N+](=O)[O-])c1)C(Cl)(Cl)Cl)c1cccc(I)c1. The Labute approximate surface area is 194 Å². The Hall–Kier alpha value is -1.40. The largest absolute Gasteiger partial charge is 0.339 e. The number of thiocarbonyl (C=S) groups is 1. The molecule has 0 aliphatic carbocycles. The molecule has 0 bridgehead atoms. The van der Waals surface area contributed by atoms with E-state index in [1.807, 2.05) is 6.07 Å². The molecule has 0 heterocycles. The van der Waals surface area contributed by atoms with Crippen LogP contribution in [0.5, 0.6) is 0 Å². The number of nitrogens with one attached hydrogen (secondary N) is 3. The Bertz CT molecular complexity index is 911. The van der Waals surface area contributed by atoms with Crippen LogP contribution in [0.15, 0.2) is 48.5 Å². The van der Waals surface area contributed by atoms with E-state index in [-0.39, 0.29) is 10.8 Å². The number of hydrogen-bond donors (Lipinski definition) is 3. The van der Waals surface area contributed by atoms with Crippen LogP contribution in [0.1, 0.15) is 10.4 Å². The highest BCUT2D eigenvalue weighted by molar-refractivity contribution is 14.1. The molecule has 0 saturated carbocycles. The Balaban J connectivity index is 2.09. The van der Waals surface area contributed by atoms with E-state index in [1.54, 1.807) is 24.3 Å². The summed E-state index contributed by atoms with van der Waals surface area (Å²) in [5.41, 5.74) is 0.627. The van der Waals surface area contributed by atoms with Crippen LogP contribution in [0.2, 0.25) is 0 Å². The third-order valence-electron chi connectivity index (χ3n) is 3.28. The monoisotopic (exact) mass is 572 g/mol. The molecule has 0 aromatic heterocycles. The number of anilines is 1. The van der Waals surface area contributed by atoms with E-state index in [2.05, 4.69) is 38.5 Å². The smallest absolute Gasteiger partial charge is 0.271 e. The lowest BCUT2D eigenvalue weighted by atomic mass is 10.2. The standard InChI is InChI=1S/C16H12Cl3IN4O3S/c17-16(18,19)14(22-13(25)9-3-1-4-10(20)7-9)23-15(28)21-11-5-2-6-12(8-11)24(26)27/h1-8,14H,(H,22,25)(H2,21,23,28)/t14-/m1/s1. The molecule has 0 fully saturated rings. The third-order valence-corrected chi connectivity index (χ3v) is 4.83. The number of alkyl halides is 3. The molecular formula is C16H12Cl3IN4O3S. The minimum Gasteiger partial charge on any atom is -0.339 e. The zero-order valence-electron chi connectivity index (χ0n) is 13.8. The summed E-state index contributed by atoms with van der Waals surface area (Å²) in [5, 5.41) is 18.9. The average molecular weight is 574 g/mol. The highest BCUT2D eigenvalue weighted by atomic mass is 127. The van der Waals surface area contributed by atoms with Crippen molar-refractivity contribution in [2.75, 3.05) is 5.32 Å². The second kappa shape index (κ2) is 9.88. The third kappa shape index (κ3) is 6.89. The molecule has 0 aliphatic rings. The lowest BCUT2D eigenvalue weighted by Crippen LogP contribution is -2.56. The number of rotatable bonds is 5. The zero-order valence-corrected chi connectivity index (χ0v) is 19.0. The number of carbonyl (C=O) groups excluding carboxylic acids is 1. The lowest BCUT2D eigenvalue weighted by Gasteiger charge is -2.27. The van der Waals surface area contributed by atoms with Crippen LogP contribution >= 0.6 is 69.6 Å². The molecule has 7 nitrogen and oxygen atoms in total. The minimum absolute atomic E-state index is 0.000217. The molecule has 0 aliphatic heterocycles. The van der Waals surface area contributed by atoms with Crippen molar-refractivity contribution in [3.8, 4) is 0 Å². The number of benzene rings is 2. The molecule has 148 valence electrons. The molecule has 2 aromatic rings. The van der Waals surface area contributed by atoms with Crippen molar-refractivity contribution in [1.82, 2.24) is 10.6 Å². The Morgan fingerprint density at radius 1 is 1.14 bits per heavy atom. The second-order valence-corrected chi connectivity index (χ2v) is 9.39. The van der Waals surface area contributed by atoms with E-state index in [0.29, 0.717) is 11.3 Å². The summed E-state index contributed by atoms with van der Waals surface area (Å²) < 4.78 is -1.06. The number of nitrogens with zero attached hydrogens (tertiary/aromatic N) is 1. The van der Waals surface area contributed by atoms with E-state index < -0.39 is 20.8 Å². The molecule has 12 heteroatoms. The van der Waals surface area contributed by atoms with E-state index in [1.165, 1.54) is 18.2 Å². The van der Waals surface area contributed by atoms with Crippen molar-refractivity contribution in [3.05, 3.63) is 67.8 Å². The zero-order chi connectivity index (χ0) is 20.9. The normalized spacial score (nSPS) is 12.0. The predicted molar refractivity (Wildman–Crippen MR) is 123 cm³/mol. The van der Waals surface area contributed by atoms with Crippen molar-refractivity contribution in [2.45, 2.75) is 9.96 Å². The van der Waals surface area contributed by atoms with Gasteiger partial charge in [0, 0.05) is 27.0 Å². The Morgan fingerprint density at radius 3 is 2.43 bits per heavy atom. The van der Waals surface area contributed by atoms with E-state index >= 15 is 0 Å². The van der Waals surface area contributed by atoms with Gasteiger partial charge >= 0.3 is 0 Å². The highest BCUT2D eigenvalue weighted by Gasteiger charge is 2.35. The summed E-state index contributed by atoms with van der Waals surface area (Å²) in [7, 11) is 0. The molecule has 2 rings (SSSR count). The molecular weight excluding hydrogens is 562 g/mol. The second-order valence-electron chi connectivity index (χ2n) is 5.36. The van der Waals surface area contributed by atoms with Crippen molar-refractivity contribution < 1.29 is 9.72 Å². The molecule has 1 atom stereocenters. The predicted octanol–water partition coefficient (Wildman–Crippen LogP) is 4.61. The van der Waals surface area contributed by atoms with Crippen LogP contribution in [-0.4, -0.2) is 25.9 Å². The number of amides is 1. The quantitative estimate of drug-likeness (QED) is 0.121.